The second kappa shape index (κ2) is 39.6. The van der Waals surface area contributed by atoms with E-state index in [0.29, 0.717) is 23.9 Å². The molecular weight excluding hydrogens is 750 g/mol. The van der Waals surface area contributed by atoms with Gasteiger partial charge in [-0.2, -0.15) is 0 Å². The summed E-state index contributed by atoms with van der Waals surface area (Å²) in [7, 11) is 1.43. The van der Waals surface area contributed by atoms with Crippen LogP contribution in [-0.2, 0) is 32.7 Å². The molecule has 1 N–H and O–H groups in total. The average Bonchev–Trinajstić information content (AvgIpc) is 3.17. The summed E-state index contributed by atoms with van der Waals surface area (Å²) in [4.78, 5) is 35.4. The van der Waals surface area contributed by atoms with E-state index < -0.39 is 32.5 Å². The van der Waals surface area contributed by atoms with Crippen LogP contribution >= 0.6 is 7.82 Å². The van der Waals surface area contributed by atoms with Crippen LogP contribution in [0.15, 0.2) is 85.1 Å². The van der Waals surface area contributed by atoms with E-state index in [9.17, 15) is 19.0 Å². The molecule has 0 rings (SSSR count). The molecule has 0 aromatic rings. The van der Waals surface area contributed by atoms with Gasteiger partial charge in [-0.15, -0.1) is 0 Å². The van der Waals surface area contributed by atoms with Crippen LogP contribution in [0.3, 0.4) is 0 Å². The number of likely N-dealkylation sites (N-methyl/N-ethyl adjacent to an activating group) is 1. The Morgan fingerprint density at radius 3 is 1.45 bits per heavy atom. The van der Waals surface area contributed by atoms with Crippen molar-refractivity contribution in [1.29, 1.82) is 0 Å². The third-order valence-electron chi connectivity index (χ3n) is 8.88. The molecule has 58 heavy (non-hydrogen) atoms. The normalized spacial score (nSPS) is 14.4. The van der Waals surface area contributed by atoms with Gasteiger partial charge in [-0.1, -0.05) is 137 Å². The minimum Gasteiger partial charge on any atom is -0.462 e. The number of phosphoric acid groups is 1. The molecule has 0 radical (unpaired) electrons. The van der Waals surface area contributed by atoms with Gasteiger partial charge in [0.15, 0.2) is 6.10 Å². The number of nitrogens with zero attached hydrogens (tertiary/aromatic N) is 1. The maximum atomic E-state index is 12.7. The zero-order valence-electron chi connectivity index (χ0n) is 37.2. The van der Waals surface area contributed by atoms with Gasteiger partial charge >= 0.3 is 19.8 Å². The molecule has 0 aromatic heterocycles. The topological polar surface area (TPSA) is 108 Å². The minimum atomic E-state index is -4.39. The molecule has 9 nitrogen and oxygen atoms in total. The predicted octanol–water partition coefficient (Wildman–Crippen LogP) is 12.8. The molecule has 0 spiro atoms. The fourth-order valence-corrected chi connectivity index (χ4v) is 6.10. The van der Waals surface area contributed by atoms with Gasteiger partial charge < -0.3 is 18.9 Å². The van der Waals surface area contributed by atoms with E-state index in [1.807, 2.05) is 21.1 Å². The molecule has 0 heterocycles. The van der Waals surface area contributed by atoms with E-state index in [0.717, 1.165) is 83.5 Å². The van der Waals surface area contributed by atoms with Crippen LogP contribution in [0.4, 0.5) is 0 Å². The minimum absolute atomic E-state index is 0.0169. The third kappa shape index (κ3) is 42.8. The van der Waals surface area contributed by atoms with Crippen molar-refractivity contribution in [2.45, 2.75) is 161 Å². The lowest BCUT2D eigenvalue weighted by atomic mass is 10.1. The monoisotopic (exact) mass is 833 g/mol. The summed E-state index contributed by atoms with van der Waals surface area (Å²) in [6.45, 7) is 4.24. The molecule has 0 amide bonds. The Balaban J connectivity index is 4.48. The lowest BCUT2D eigenvalue weighted by Crippen LogP contribution is -2.37. The summed E-state index contributed by atoms with van der Waals surface area (Å²) < 4.78 is 34.3. The van der Waals surface area contributed by atoms with Crippen molar-refractivity contribution in [2.24, 2.45) is 0 Å². The van der Waals surface area contributed by atoms with Crippen molar-refractivity contribution in [3.63, 3.8) is 0 Å². The zero-order valence-corrected chi connectivity index (χ0v) is 38.1. The van der Waals surface area contributed by atoms with Crippen molar-refractivity contribution in [1.82, 2.24) is 0 Å². The van der Waals surface area contributed by atoms with Crippen molar-refractivity contribution >= 4 is 19.8 Å². The number of quaternary nitrogens is 1. The Labute approximate surface area is 354 Å². The van der Waals surface area contributed by atoms with E-state index in [-0.39, 0.29) is 26.1 Å². The summed E-state index contributed by atoms with van der Waals surface area (Å²) in [5, 5.41) is 0. The molecule has 332 valence electrons. The number of esters is 2. The fourth-order valence-electron chi connectivity index (χ4n) is 5.36. The van der Waals surface area contributed by atoms with Crippen LogP contribution in [0.25, 0.3) is 0 Å². The highest BCUT2D eigenvalue weighted by molar-refractivity contribution is 7.47. The number of allylic oxidation sites excluding steroid dienone is 14. The highest BCUT2D eigenvalue weighted by Crippen LogP contribution is 2.43. The first-order valence-electron chi connectivity index (χ1n) is 22.3. The number of phosphoric ester groups is 1. The molecule has 0 aliphatic carbocycles. The Bertz CT molecular complexity index is 1260. The molecule has 2 atom stereocenters. The first-order valence-corrected chi connectivity index (χ1v) is 23.8. The number of hydrogen-bond donors (Lipinski definition) is 1. The molecule has 0 aromatic carbocycles. The maximum absolute atomic E-state index is 12.7. The van der Waals surface area contributed by atoms with Gasteiger partial charge in [-0.3, -0.25) is 18.6 Å². The number of carbonyl (C=O) groups is 2. The zero-order chi connectivity index (χ0) is 42.8. The lowest BCUT2D eigenvalue weighted by molar-refractivity contribution is -0.870. The molecule has 1 unspecified atom stereocenters. The van der Waals surface area contributed by atoms with E-state index >= 15 is 0 Å². The number of rotatable bonds is 39. The number of unbranched alkanes of at least 4 members (excludes halogenated alkanes) is 11. The van der Waals surface area contributed by atoms with Gasteiger partial charge in [0.25, 0.3) is 0 Å². The van der Waals surface area contributed by atoms with Crippen molar-refractivity contribution in [3.05, 3.63) is 85.1 Å². The van der Waals surface area contributed by atoms with Gasteiger partial charge in [0.2, 0.25) is 0 Å². The lowest BCUT2D eigenvalue weighted by Gasteiger charge is -2.24. The second-order valence-electron chi connectivity index (χ2n) is 15.7. The summed E-state index contributed by atoms with van der Waals surface area (Å²) in [6, 6.07) is 0. The number of ether oxygens (including phenoxy) is 2. The van der Waals surface area contributed by atoms with Crippen molar-refractivity contribution < 1.29 is 42.1 Å². The molecule has 10 heteroatoms. The molecule has 0 fully saturated rings. The average molecular weight is 833 g/mol. The van der Waals surface area contributed by atoms with E-state index in [2.05, 4.69) is 98.9 Å². The van der Waals surface area contributed by atoms with Crippen LogP contribution in [0, 0.1) is 0 Å². The largest absolute Gasteiger partial charge is 0.472 e. The highest BCUT2D eigenvalue weighted by atomic mass is 31.2. The first kappa shape index (κ1) is 55.2. The van der Waals surface area contributed by atoms with Crippen LogP contribution in [0.2, 0.25) is 0 Å². The second-order valence-corrected chi connectivity index (χ2v) is 17.2. The van der Waals surface area contributed by atoms with Crippen LogP contribution in [-0.4, -0.2) is 74.9 Å². The highest BCUT2D eigenvalue weighted by Gasteiger charge is 2.27. The molecule has 0 saturated heterocycles. The molecule has 0 bridgehead atoms. The van der Waals surface area contributed by atoms with E-state index in [1.54, 1.807) is 0 Å². The third-order valence-corrected chi connectivity index (χ3v) is 9.86. The molecule has 0 saturated carbocycles. The van der Waals surface area contributed by atoms with Gasteiger partial charge in [-0.25, -0.2) is 4.57 Å². The Hall–Kier alpha value is -2.81. The summed E-state index contributed by atoms with van der Waals surface area (Å²) in [6.07, 6.45) is 50.5. The van der Waals surface area contributed by atoms with Gasteiger partial charge in [-0.05, 0) is 89.9 Å². The summed E-state index contributed by atoms with van der Waals surface area (Å²) in [5.41, 5.74) is 0. The Kier molecular flexibility index (Phi) is 37.7. The Morgan fingerprint density at radius 2 is 0.966 bits per heavy atom. The van der Waals surface area contributed by atoms with E-state index in [4.69, 9.17) is 18.5 Å². The van der Waals surface area contributed by atoms with Crippen molar-refractivity contribution in [3.8, 4) is 0 Å². The molecular formula is C48H83NO8P+. The van der Waals surface area contributed by atoms with Crippen molar-refractivity contribution in [2.75, 3.05) is 47.5 Å². The van der Waals surface area contributed by atoms with E-state index in [1.165, 1.54) is 32.1 Å². The SMILES string of the molecule is CCC/C=C/C/C=C/C/C=C/C/C=C/CCCCCC(=O)OC[C@H](COP(=O)(O)OCC[N+](C)(C)C)OC(=O)CCCCCC/C=C/C/C=C/C/C=C/CCCCC. The summed E-state index contributed by atoms with van der Waals surface area (Å²) >= 11 is 0. The molecule has 0 aliphatic heterocycles. The predicted molar refractivity (Wildman–Crippen MR) is 242 cm³/mol. The quantitative estimate of drug-likeness (QED) is 0.0214. The maximum Gasteiger partial charge on any atom is 0.472 e. The van der Waals surface area contributed by atoms with Crippen LogP contribution < -0.4 is 0 Å². The van der Waals surface area contributed by atoms with Gasteiger partial charge in [0.05, 0.1) is 27.7 Å². The fraction of sp³-hybridized carbons (Fsp3) is 0.667. The van der Waals surface area contributed by atoms with Crippen LogP contribution in [0.5, 0.6) is 0 Å². The summed E-state index contributed by atoms with van der Waals surface area (Å²) in [5.74, 6) is -0.869. The standard InChI is InChI=1S/C48H82NO8P/c1-6-8-10-12-14-16-18-20-22-24-26-28-30-32-34-36-38-40-47(50)54-44-46(45-56-58(52,53)55-43-42-49(3,4)5)57-48(51)41-39-37-35-33-31-29-27-25-23-21-19-17-15-13-11-9-7-2/h10,12,15-18,21-24,27-30,46H,6-9,11,13-14,19-20,25-26,31-45H2,1-5H3/p+1/b12-10+,17-15+,18-16+,23-21+,24-22+,29-27+,30-28+/t46-/m1/s1. The van der Waals surface area contributed by atoms with Crippen LogP contribution in [0.1, 0.15) is 155 Å². The number of hydrogen-bond acceptors (Lipinski definition) is 7. The Morgan fingerprint density at radius 1 is 0.534 bits per heavy atom. The number of carbonyl (C=O) groups excluding carboxylic acids is 2. The van der Waals surface area contributed by atoms with Gasteiger partial charge in [0.1, 0.15) is 19.8 Å². The van der Waals surface area contributed by atoms with Gasteiger partial charge in [0, 0.05) is 12.8 Å². The smallest absolute Gasteiger partial charge is 0.462 e. The first-order chi connectivity index (χ1) is 28.0. The molecule has 0 aliphatic rings.